The zero-order valence-corrected chi connectivity index (χ0v) is 20.6. The first-order chi connectivity index (χ1) is 16.1. The highest BCUT2D eigenvalue weighted by Gasteiger charge is 2.45. The molecule has 1 saturated heterocycles. The van der Waals surface area contributed by atoms with Crippen LogP contribution in [-0.2, 0) is 29.8 Å². The van der Waals surface area contributed by atoms with Crippen LogP contribution in [0.1, 0.15) is 37.8 Å². The van der Waals surface area contributed by atoms with Crippen molar-refractivity contribution in [1.82, 2.24) is 9.62 Å². The SMILES string of the molecule is C[C@H](CNC(=O)CN1C(=O)C(C)(C)c2cc(S(=O)(=O)N3CCOCC3)ccc21)c1ccccc1. The molecular formula is C25H31N3O5S. The summed E-state index contributed by atoms with van der Waals surface area (Å²) in [5.74, 6) is -0.351. The van der Waals surface area contributed by atoms with Crippen molar-refractivity contribution in [3.05, 3.63) is 59.7 Å². The lowest BCUT2D eigenvalue weighted by Crippen LogP contribution is -2.43. The number of anilines is 1. The maximum absolute atomic E-state index is 13.2. The standard InChI is InChI=1S/C25H31N3O5S/c1-18(19-7-5-4-6-8-19)16-26-23(29)17-28-22-10-9-20(15-21(22)25(2,3)24(28)30)34(31,32)27-11-13-33-14-12-27/h4-10,15,18H,11-14,16-17H2,1-3H3,(H,26,29)/t18-/m1/s1. The van der Waals surface area contributed by atoms with Crippen molar-refractivity contribution in [3.63, 3.8) is 0 Å². The van der Waals surface area contributed by atoms with Gasteiger partial charge in [-0.3, -0.25) is 9.59 Å². The zero-order chi connectivity index (χ0) is 24.5. The number of rotatable bonds is 7. The summed E-state index contributed by atoms with van der Waals surface area (Å²) in [4.78, 5) is 27.5. The summed E-state index contributed by atoms with van der Waals surface area (Å²) >= 11 is 0. The first kappa shape index (κ1) is 24.4. The molecule has 0 radical (unpaired) electrons. The maximum Gasteiger partial charge on any atom is 0.243 e. The summed E-state index contributed by atoms with van der Waals surface area (Å²) in [7, 11) is -3.69. The van der Waals surface area contributed by atoms with E-state index in [1.165, 1.54) is 15.3 Å². The molecule has 182 valence electrons. The van der Waals surface area contributed by atoms with E-state index < -0.39 is 15.4 Å². The van der Waals surface area contributed by atoms with Gasteiger partial charge in [0.15, 0.2) is 0 Å². The van der Waals surface area contributed by atoms with Crippen molar-refractivity contribution < 1.29 is 22.7 Å². The lowest BCUT2D eigenvalue weighted by atomic mass is 9.86. The number of hydrogen-bond donors (Lipinski definition) is 1. The Bertz CT molecular complexity index is 1170. The molecule has 1 fully saturated rings. The average Bonchev–Trinajstić information content (AvgIpc) is 3.03. The summed E-state index contributed by atoms with van der Waals surface area (Å²) in [5.41, 5.74) is 1.36. The molecule has 8 nitrogen and oxygen atoms in total. The smallest absolute Gasteiger partial charge is 0.243 e. The van der Waals surface area contributed by atoms with E-state index in [0.717, 1.165) is 5.56 Å². The Morgan fingerprint density at radius 1 is 1.12 bits per heavy atom. The third-order valence-corrected chi connectivity index (χ3v) is 8.49. The second kappa shape index (κ2) is 9.48. The number of carbonyl (C=O) groups excluding carboxylic acids is 2. The molecule has 9 heteroatoms. The number of fused-ring (bicyclic) bond motifs is 1. The number of benzene rings is 2. The fraction of sp³-hybridized carbons (Fsp3) is 0.440. The predicted octanol–water partition coefficient (Wildman–Crippen LogP) is 2.25. The van der Waals surface area contributed by atoms with E-state index in [1.54, 1.807) is 26.0 Å². The van der Waals surface area contributed by atoms with E-state index in [9.17, 15) is 18.0 Å². The zero-order valence-electron chi connectivity index (χ0n) is 19.8. The second-order valence-corrected chi connectivity index (χ2v) is 11.3. The summed E-state index contributed by atoms with van der Waals surface area (Å²) in [6.07, 6.45) is 0. The monoisotopic (exact) mass is 485 g/mol. The van der Waals surface area contributed by atoms with Gasteiger partial charge in [0.25, 0.3) is 0 Å². The Morgan fingerprint density at radius 3 is 2.47 bits per heavy atom. The summed E-state index contributed by atoms with van der Waals surface area (Å²) in [6.45, 7) is 7.21. The topological polar surface area (TPSA) is 96.0 Å². The van der Waals surface area contributed by atoms with Crippen molar-refractivity contribution in [2.75, 3.05) is 44.3 Å². The molecule has 1 atom stereocenters. The van der Waals surface area contributed by atoms with Crippen LogP contribution in [0.4, 0.5) is 5.69 Å². The molecule has 0 aliphatic carbocycles. The Hall–Kier alpha value is -2.75. The van der Waals surface area contributed by atoms with Gasteiger partial charge in [0.05, 0.1) is 23.5 Å². The molecule has 0 spiro atoms. The van der Waals surface area contributed by atoms with Gasteiger partial charge in [-0.05, 0) is 49.1 Å². The van der Waals surface area contributed by atoms with Crippen molar-refractivity contribution in [2.24, 2.45) is 0 Å². The summed E-state index contributed by atoms with van der Waals surface area (Å²) < 4.78 is 32.9. The second-order valence-electron chi connectivity index (χ2n) is 9.33. The largest absolute Gasteiger partial charge is 0.379 e. The molecule has 1 N–H and O–H groups in total. The normalized spacial score (nSPS) is 19.0. The molecule has 0 saturated carbocycles. The van der Waals surface area contributed by atoms with Gasteiger partial charge in [-0.15, -0.1) is 0 Å². The molecule has 2 heterocycles. The van der Waals surface area contributed by atoms with Crippen LogP contribution in [0.15, 0.2) is 53.4 Å². The van der Waals surface area contributed by atoms with Gasteiger partial charge in [0.2, 0.25) is 21.8 Å². The van der Waals surface area contributed by atoms with Gasteiger partial charge in [0, 0.05) is 25.3 Å². The van der Waals surface area contributed by atoms with Crippen LogP contribution < -0.4 is 10.2 Å². The molecule has 2 aromatic carbocycles. The number of morpholine rings is 1. The number of sulfonamides is 1. The van der Waals surface area contributed by atoms with Gasteiger partial charge in [-0.2, -0.15) is 4.31 Å². The van der Waals surface area contributed by atoms with Crippen molar-refractivity contribution in [3.8, 4) is 0 Å². The third kappa shape index (κ3) is 4.60. The van der Waals surface area contributed by atoms with Crippen LogP contribution in [0.2, 0.25) is 0 Å². The number of hydrogen-bond acceptors (Lipinski definition) is 5. The first-order valence-corrected chi connectivity index (χ1v) is 12.9. The van der Waals surface area contributed by atoms with Crippen molar-refractivity contribution in [2.45, 2.75) is 37.0 Å². The van der Waals surface area contributed by atoms with Crippen LogP contribution in [0.3, 0.4) is 0 Å². The van der Waals surface area contributed by atoms with E-state index in [4.69, 9.17) is 4.74 Å². The molecule has 2 aromatic rings. The molecule has 2 aliphatic heterocycles. The molecule has 0 aromatic heterocycles. The van der Waals surface area contributed by atoms with Crippen LogP contribution in [0, 0.1) is 0 Å². The van der Waals surface area contributed by atoms with Crippen LogP contribution in [-0.4, -0.2) is 63.9 Å². The Morgan fingerprint density at radius 2 is 1.79 bits per heavy atom. The predicted molar refractivity (Wildman–Crippen MR) is 129 cm³/mol. The van der Waals surface area contributed by atoms with Gasteiger partial charge >= 0.3 is 0 Å². The highest BCUT2D eigenvalue weighted by molar-refractivity contribution is 7.89. The number of ether oxygens (including phenoxy) is 1. The van der Waals surface area contributed by atoms with Crippen molar-refractivity contribution in [1.29, 1.82) is 0 Å². The van der Waals surface area contributed by atoms with E-state index in [0.29, 0.717) is 44.1 Å². The fourth-order valence-electron chi connectivity index (χ4n) is 4.43. The van der Waals surface area contributed by atoms with Gasteiger partial charge in [0.1, 0.15) is 6.54 Å². The minimum Gasteiger partial charge on any atom is -0.379 e. The van der Waals surface area contributed by atoms with Crippen LogP contribution in [0.5, 0.6) is 0 Å². The quantitative estimate of drug-likeness (QED) is 0.649. The maximum atomic E-state index is 13.2. The molecular weight excluding hydrogens is 454 g/mol. The molecule has 2 amide bonds. The highest BCUT2D eigenvalue weighted by Crippen LogP contribution is 2.42. The molecule has 34 heavy (non-hydrogen) atoms. The van der Waals surface area contributed by atoms with Crippen LogP contribution >= 0.6 is 0 Å². The Balaban J connectivity index is 1.50. The Kier molecular flexibility index (Phi) is 6.80. The number of nitrogens with one attached hydrogen (secondary N) is 1. The third-order valence-electron chi connectivity index (χ3n) is 6.60. The minimum atomic E-state index is -3.69. The fourth-order valence-corrected chi connectivity index (χ4v) is 5.87. The molecule has 2 aliphatic rings. The number of amides is 2. The van der Waals surface area contributed by atoms with Crippen LogP contribution in [0.25, 0.3) is 0 Å². The lowest BCUT2D eigenvalue weighted by molar-refractivity contribution is -0.125. The molecule has 0 unspecified atom stereocenters. The minimum absolute atomic E-state index is 0.119. The van der Waals surface area contributed by atoms with Gasteiger partial charge in [-0.1, -0.05) is 37.3 Å². The Labute approximate surface area is 200 Å². The van der Waals surface area contributed by atoms with E-state index in [2.05, 4.69) is 5.32 Å². The summed E-state index contributed by atoms with van der Waals surface area (Å²) in [6, 6.07) is 14.6. The van der Waals surface area contributed by atoms with Crippen molar-refractivity contribution >= 4 is 27.5 Å². The van der Waals surface area contributed by atoms with Gasteiger partial charge < -0.3 is 15.0 Å². The average molecular weight is 486 g/mol. The van der Waals surface area contributed by atoms with Gasteiger partial charge in [-0.25, -0.2) is 8.42 Å². The van der Waals surface area contributed by atoms with E-state index in [-0.39, 0.29) is 29.2 Å². The first-order valence-electron chi connectivity index (χ1n) is 11.5. The molecule has 4 rings (SSSR count). The number of nitrogens with zero attached hydrogens (tertiary/aromatic N) is 2. The molecule has 0 bridgehead atoms. The van der Waals surface area contributed by atoms with E-state index >= 15 is 0 Å². The highest BCUT2D eigenvalue weighted by atomic mass is 32.2. The van der Waals surface area contributed by atoms with E-state index in [1.807, 2.05) is 37.3 Å². The number of carbonyl (C=O) groups is 2. The lowest BCUT2D eigenvalue weighted by Gasteiger charge is -2.26. The summed E-state index contributed by atoms with van der Waals surface area (Å²) in [5, 5.41) is 2.92.